The Hall–Kier alpha value is -2.14. The highest BCUT2D eigenvalue weighted by atomic mass is 16.4. The normalized spacial score (nSPS) is 16.5. The number of hydrogen-bond donors (Lipinski definition) is 1. The molecule has 1 N–H and O–H groups in total. The Bertz CT molecular complexity index is 859. The lowest BCUT2D eigenvalue weighted by Gasteiger charge is -2.23. The van der Waals surface area contributed by atoms with Crippen molar-refractivity contribution in [2.45, 2.75) is 25.8 Å². The highest BCUT2D eigenvalue weighted by Crippen LogP contribution is 2.21. The number of quaternary nitrogens is 1. The Balaban J connectivity index is 1.73. The summed E-state index contributed by atoms with van der Waals surface area (Å²) < 4.78 is 7.45. The first-order chi connectivity index (χ1) is 10.8. The molecule has 3 heterocycles. The number of aromatic nitrogens is 2. The third kappa shape index (κ3) is 2.31. The van der Waals surface area contributed by atoms with E-state index in [0.717, 1.165) is 24.0 Å². The zero-order chi connectivity index (χ0) is 14.9. The van der Waals surface area contributed by atoms with Gasteiger partial charge in [0.1, 0.15) is 5.58 Å². The zero-order valence-corrected chi connectivity index (χ0v) is 12.5. The molecule has 0 radical (unpaired) electrons. The van der Waals surface area contributed by atoms with Gasteiger partial charge in [-0.3, -0.25) is 0 Å². The molecule has 1 fully saturated rings. The van der Waals surface area contributed by atoms with Gasteiger partial charge < -0.3 is 13.9 Å². The average molecular weight is 298 g/mol. The number of hydrogen-bond acceptors (Lipinski definition) is 3. The minimum Gasteiger partial charge on any atom is -0.421 e. The maximum absolute atomic E-state index is 12.1. The van der Waals surface area contributed by atoms with Crippen LogP contribution in [0.3, 0.4) is 0 Å². The number of likely N-dealkylation sites (tertiary alicyclic amines) is 1. The van der Waals surface area contributed by atoms with Crippen molar-refractivity contribution in [1.82, 2.24) is 9.55 Å². The highest BCUT2D eigenvalue weighted by molar-refractivity contribution is 6.00. The summed E-state index contributed by atoms with van der Waals surface area (Å²) in [6.07, 6.45) is 5.79. The molecule has 0 unspecified atom stereocenters. The van der Waals surface area contributed by atoms with Gasteiger partial charge in [0.25, 0.3) is 0 Å². The van der Waals surface area contributed by atoms with Crippen LogP contribution in [0, 0.1) is 0 Å². The maximum atomic E-state index is 12.1. The van der Waals surface area contributed by atoms with Gasteiger partial charge in [0.15, 0.2) is 5.52 Å². The smallest absolute Gasteiger partial charge is 0.364 e. The lowest BCUT2D eigenvalue weighted by Crippen LogP contribution is -3.13. The van der Waals surface area contributed by atoms with Crippen LogP contribution >= 0.6 is 0 Å². The van der Waals surface area contributed by atoms with Crippen LogP contribution < -0.4 is 10.5 Å². The molecule has 0 bridgehead atoms. The molecule has 1 aliphatic heterocycles. The van der Waals surface area contributed by atoms with Gasteiger partial charge in [0.2, 0.25) is 0 Å². The van der Waals surface area contributed by atoms with Gasteiger partial charge in [0.05, 0.1) is 38.0 Å². The Labute approximate surface area is 128 Å². The lowest BCUT2D eigenvalue weighted by atomic mass is 10.1. The predicted molar refractivity (Wildman–Crippen MR) is 85.2 cm³/mol. The van der Waals surface area contributed by atoms with Crippen molar-refractivity contribution in [1.29, 1.82) is 0 Å². The maximum Gasteiger partial charge on any atom is 0.364 e. The molecule has 4 rings (SSSR count). The molecular weight excluding hydrogens is 278 g/mol. The fraction of sp³-hybridized carbons (Fsp3) is 0.412. The summed E-state index contributed by atoms with van der Waals surface area (Å²) in [6.45, 7) is 4.49. The van der Waals surface area contributed by atoms with E-state index in [2.05, 4.69) is 9.55 Å². The van der Waals surface area contributed by atoms with Crippen LogP contribution in [0.15, 0.2) is 39.8 Å². The minimum atomic E-state index is -0.349. The summed E-state index contributed by atoms with van der Waals surface area (Å²) >= 11 is 0. The number of nitrogens with zero attached hydrogens (tertiary/aromatic N) is 2. The molecule has 1 aliphatic rings. The van der Waals surface area contributed by atoms with Crippen LogP contribution in [0.5, 0.6) is 0 Å². The second-order valence-corrected chi connectivity index (χ2v) is 6.08. The predicted octanol–water partition coefficient (Wildman–Crippen LogP) is 1.21. The SMILES string of the molecule is O=c1oc2ccccc2c2c1ncn2CC[NH+]1CCCCC1. The van der Waals surface area contributed by atoms with Gasteiger partial charge >= 0.3 is 5.63 Å². The molecule has 114 valence electrons. The van der Waals surface area contributed by atoms with Crippen molar-refractivity contribution in [3.8, 4) is 0 Å². The quantitative estimate of drug-likeness (QED) is 0.740. The topological polar surface area (TPSA) is 52.5 Å². The van der Waals surface area contributed by atoms with Gasteiger partial charge in [-0.2, -0.15) is 0 Å². The van der Waals surface area contributed by atoms with Gasteiger partial charge in [0, 0.05) is 5.39 Å². The van der Waals surface area contributed by atoms with E-state index in [0.29, 0.717) is 11.1 Å². The number of rotatable bonds is 3. The summed E-state index contributed by atoms with van der Waals surface area (Å²) in [5.74, 6) is 0. The van der Waals surface area contributed by atoms with Crippen molar-refractivity contribution < 1.29 is 9.32 Å². The molecule has 1 aromatic carbocycles. The first-order valence-electron chi connectivity index (χ1n) is 8.03. The second kappa shape index (κ2) is 5.57. The highest BCUT2D eigenvalue weighted by Gasteiger charge is 2.16. The molecule has 22 heavy (non-hydrogen) atoms. The van der Waals surface area contributed by atoms with Crippen LogP contribution in [-0.2, 0) is 6.54 Å². The fourth-order valence-electron chi connectivity index (χ4n) is 3.46. The molecule has 0 saturated carbocycles. The van der Waals surface area contributed by atoms with Gasteiger partial charge in [-0.25, -0.2) is 9.78 Å². The molecule has 2 aromatic heterocycles. The van der Waals surface area contributed by atoms with E-state index in [4.69, 9.17) is 4.42 Å². The van der Waals surface area contributed by atoms with Gasteiger partial charge in [-0.15, -0.1) is 0 Å². The Morgan fingerprint density at radius 3 is 2.86 bits per heavy atom. The number of fused-ring (bicyclic) bond motifs is 3. The van der Waals surface area contributed by atoms with Crippen molar-refractivity contribution >= 4 is 22.0 Å². The van der Waals surface area contributed by atoms with E-state index >= 15 is 0 Å². The monoisotopic (exact) mass is 298 g/mol. The van der Waals surface area contributed by atoms with Crippen LogP contribution in [0.4, 0.5) is 0 Å². The summed E-state index contributed by atoms with van der Waals surface area (Å²) in [5.41, 5.74) is 1.63. The number of para-hydroxylation sites is 1. The van der Waals surface area contributed by atoms with E-state index in [1.807, 2.05) is 24.3 Å². The van der Waals surface area contributed by atoms with Crippen molar-refractivity contribution in [2.75, 3.05) is 19.6 Å². The minimum absolute atomic E-state index is 0.349. The van der Waals surface area contributed by atoms with E-state index < -0.39 is 0 Å². The standard InChI is InChI=1S/C17H19N3O2/c21-17-15-16(13-6-2-3-7-14(13)22-17)20(12-18-15)11-10-19-8-4-1-5-9-19/h2-3,6-7,12H,1,4-5,8-11H2/p+1. The summed E-state index contributed by atoms with van der Waals surface area (Å²) in [5, 5.41) is 0.961. The number of nitrogens with one attached hydrogen (secondary N) is 1. The Morgan fingerprint density at radius 1 is 1.18 bits per heavy atom. The van der Waals surface area contributed by atoms with Gasteiger partial charge in [-0.1, -0.05) is 12.1 Å². The summed E-state index contributed by atoms with van der Waals surface area (Å²) in [4.78, 5) is 18.0. The molecule has 0 spiro atoms. The fourth-order valence-corrected chi connectivity index (χ4v) is 3.46. The molecule has 3 aromatic rings. The first kappa shape index (κ1) is 13.5. The zero-order valence-electron chi connectivity index (χ0n) is 12.5. The largest absolute Gasteiger partial charge is 0.421 e. The Morgan fingerprint density at radius 2 is 2.00 bits per heavy atom. The lowest BCUT2D eigenvalue weighted by molar-refractivity contribution is -0.905. The second-order valence-electron chi connectivity index (χ2n) is 6.08. The molecule has 0 amide bonds. The van der Waals surface area contributed by atoms with E-state index in [1.165, 1.54) is 32.4 Å². The average Bonchev–Trinajstić information content (AvgIpc) is 2.99. The molecular formula is C17H20N3O2+. The van der Waals surface area contributed by atoms with Crippen molar-refractivity contribution in [3.05, 3.63) is 41.0 Å². The van der Waals surface area contributed by atoms with Crippen LogP contribution in [0.1, 0.15) is 19.3 Å². The Kier molecular flexibility index (Phi) is 3.42. The van der Waals surface area contributed by atoms with Gasteiger partial charge in [-0.05, 0) is 31.4 Å². The van der Waals surface area contributed by atoms with Crippen molar-refractivity contribution in [2.24, 2.45) is 0 Å². The van der Waals surface area contributed by atoms with E-state index in [9.17, 15) is 4.79 Å². The third-order valence-electron chi connectivity index (χ3n) is 4.64. The van der Waals surface area contributed by atoms with Crippen molar-refractivity contribution in [3.63, 3.8) is 0 Å². The van der Waals surface area contributed by atoms with Crippen LogP contribution in [0.25, 0.3) is 22.0 Å². The van der Waals surface area contributed by atoms with E-state index in [-0.39, 0.29) is 5.63 Å². The third-order valence-corrected chi connectivity index (χ3v) is 4.64. The number of imidazole rings is 1. The molecule has 5 nitrogen and oxygen atoms in total. The molecule has 1 saturated heterocycles. The number of piperidine rings is 1. The molecule has 0 aliphatic carbocycles. The van der Waals surface area contributed by atoms with Crippen LogP contribution in [0.2, 0.25) is 0 Å². The summed E-state index contributed by atoms with van der Waals surface area (Å²) in [6, 6.07) is 7.68. The summed E-state index contributed by atoms with van der Waals surface area (Å²) in [7, 11) is 0. The molecule has 5 heteroatoms. The first-order valence-corrected chi connectivity index (χ1v) is 8.03. The molecule has 0 atom stereocenters. The van der Waals surface area contributed by atoms with E-state index in [1.54, 1.807) is 11.2 Å². The number of benzene rings is 1. The van der Waals surface area contributed by atoms with Crippen LogP contribution in [-0.4, -0.2) is 29.2 Å².